The molecule has 2 aromatic rings. The van der Waals surface area contributed by atoms with Crippen LogP contribution in [0.3, 0.4) is 0 Å². The minimum absolute atomic E-state index is 0.0518. The molecular weight excluding hydrogens is 280 g/mol. The largest absolute Gasteiger partial charge is 0.460 e. The van der Waals surface area contributed by atoms with Gasteiger partial charge in [-0.05, 0) is 26.2 Å². The van der Waals surface area contributed by atoms with E-state index in [1.54, 1.807) is 13.0 Å². The zero-order valence-corrected chi connectivity index (χ0v) is 13.7. The molecule has 22 heavy (non-hydrogen) atoms. The third-order valence-electron chi connectivity index (χ3n) is 3.90. The van der Waals surface area contributed by atoms with Gasteiger partial charge in [-0.25, -0.2) is 4.79 Å². The molecule has 0 unspecified atom stereocenters. The Kier molecular flexibility index (Phi) is 5.58. The third-order valence-corrected chi connectivity index (χ3v) is 3.90. The fraction of sp³-hybridized carbons (Fsp3) is 0.556. The highest BCUT2D eigenvalue weighted by Crippen LogP contribution is 2.18. The van der Waals surface area contributed by atoms with E-state index in [9.17, 15) is 9.59 Å². The Morgan fingerprint density at radius 3 is 2.36 bits per heavy atom. The van der Waals surface area contributed by atoms with Crippen molar-refractivity contribution in [3.8, 4) is 0 Å². The maximum Gasteiger partial charge on any atom is 0.351 e. The second kappa shape index (κ2) is 7.43. The average molecular weight is 304 g/mol. The molecule has 4 heteroatoms. The molecule has 4 nitrogen and oxygen atoms in total. The zero-order chi connectivity index (χ0) is 16.1. The molecule has 0 N–H and O–H groups in total. The van der Waals surface area contributed by atoms with Crippen molar-refractivity contribution in [3.63, 3.8) is 0 Å². The van der Waals surface area contributed by atoms with Crippen molar-refractivity contribution in [2.24, 2.45) is 0 Å². The quantitative estimate of drug-likeness (QED) is 0.722. The van der Waals surface area contributed by atoms with E-state index in [1.807, 2.05) is 0 Å². The molecule has 0 aromatic carbocycles. The van der Waals surface area contributed by atoms with E-state index in [2.05, 4.69) is 13.8 Å². The van der Waals surface area contributed by atoms with Gasteiger partial charge in [-0.3, -0.25) is 4.79 Å². The first-order valence-electron chi connectivity index (χ1n) is 8.17. The minimum atomic E-state index is -0.596. The molecule has 0 saturated heterocycles. The molecule has 0 saturated carbocycles. The standard InChI is InChI=1S/C18H24O4/c1-4-6-8-10-14-13(9-7-5-2)17(19)16-15(22-14)11-12(3)21-18(16)20/h11H,4-10H2,1-3H3. The van der Waals surface area contributed by atoms with Crippen molar-refractivity contribution in [1.82, 2.24) is 0 Å². The van der Waals surface area contributed by atoms with E-state index >= 15 is 0 Å². The molecule has 0 amide bonds. The molecule has 2 heterocycles. The first-order chi connectivity index (χ1) is 10.6. The summed E-state index contributed by atoms with van der Waals surface area (Å²) in [6.45, 7) is 5.91. The van der Waals surface area contributed by atoms with Crippen molar-refractivity contribution in [1.29, 1.82) is 0 Å². The van der Waals surface area contributed by atoms with Gasteiger partial charge in [0, 0.05) is 18.1 Å². The van der Waals surface area contributed by atoms with Gasteiger partial charge in [0.1, 0.15) is 17.1 Å². The van der Waals surface area contributed by atoms with Gasteiger partial charge >= 0.3 is 5.63 Å². The Hall–Kier alpha value is -1.84. The highest BCUT2D eigenvalue weighted by Gasteiger charge is 2.17. The van der Waals surface area contributed by atoms with Crippen LogP contribution in [0, 0.1) is 6.92 Å². The monoisotopic (exact) mass is 304 g/mol. The van der Waals surface area contributed by atoms with Gasteiger partial charge < -0.3 is 8.83 Å². The second-order valence-corrected chi connectivity index (χ2v) is 5.78. The summed E-state index contributed by atoms with van der Waals surface area (Å²) in [7, 11) is 0. The Morgan fingerprint density at radius 2 is 1.68 bits per heavy atom. The van der Waals surface area contributed by atoms with Gasteiger partial charge in [-0.2, -0.15) is 0 Å². The van der Waals surface area contributed by atoms with Crippen molar-refractivity contribution in [2.45, 2.75) is 65.7 Å². The van der Waals surface area contributed by atoms with E-state index in [-0.39, 0.29) is 10.8 Å². The first-order valence-corrected chi connectivity index (χ1v) is 8.17. The highest BCUT2D eigenvalue weighted by atomic mass is 16.4. The molecule has 0 bridgehead atoms. The lowest BCUT2D eigenvalue weighted by molar-refractivity contribution is 0.470. The Balaban J connectivity index is 2.59. The van der Waals surface area contributed by atoms with Crippen LogP contribution in [0.1, 0.15) is 63.0 Å². The van der Waals surface area contributed by atoms with Crippen LogP contribution in [0.4, 0.5) is 0 Å². The molecule has 2 aromatic heterocycles. The van der Waals surface area contributed by atoms with Crippen LogP contribution < -0.4 is 11.1 Å². The molecule has 2 rings (SSSR count). The summed E-state index contributed by atoms with van der Waals surface area (Å²) in [4.78, 5) is 24.7. The summed E-state index contributed by atoms with van der Waals surface area (Å²) >= 11 is 0. The summed E-state index contributed by atoms with van der Waals surface area (Å²) < 4.78 is 11.0. The Bertz CT molecular complexity index is 752. The van der Waals surface area contributed by atoms with Gasteiger partial charge in [0.25, 0.3) is 0 Å². The van der Waals surface area contributed by atoms with Crippen LogP contribution in [0.25, 0.3) is 11.0 Å². The van der Waals surface area contributed by atoms with Gasteiger partial charge in [-0.15, -0.1) is 0 Å². The molecule has 0 aliphatic carbocycles. The van der Waals surface area contributed by atoms with E-state index in [1.165, 1.54) is 0 Å². The molecule has 0 spiro atoms. The fourth-order valence-corrected chi connectivity index (χ4v) is 2.68. The van der Waals surface area contributed by atoms with Crippen molar-refractivity contribution in [3.05, 3.63) is 43.8 Å². The predicted octanol–water partition coefficient (Wildman–Crippen LogP) is 4.13. The van der Waals surface area contributed by atoms with Crippen LogP contribution in [0.15, 0.2) is 24.5 Å². The van der Waals surface area contributed by atoms with Crippen molar-refractivity contribution in [2.75, 3.05) is 0 Å². The maximum absolute atomic E-state index is 12.7. The molecule has 0 atom stereocenters. The van der Waals surface area contributed by atoms with Gasteiger partial charge in [0.2, 0.25) is 5.43 Å². The third kappa shape index (κ3) is 3.49. The lowest BCUT2D eigenvalue weighted by atomic mass is 10.0. The number of hydrogen-bond acceptors (Lipinski definition) is 4. The van der Waals surface area contributed by atoms with E-state index in [4.69, 9.17) is 8.83 Å². The summed E-state index contributed by atoms with van der Waals surface area (Å²) in [5.74, 6) is 1.20. The minimum Gasteiger partial charge on any atom is -0.460 e. The maximum atomic E-state index is 12.7. The average Bonchev–Trinajstić information content (AvgIpc) is 2.46. The van der Waals surface area contributed by atoms with E-state index < -0.39 is 5.63 Å². The Morgan fingerprint density at radius 1 is 0.955 bits per heavy atom. The lowest BCUT2D eigenvalue weighted by Crippen LogP contribution is -2.19. The van der Waals surface area contributed by atoms with Crippen LogP contribution in [-0.2, 0) is 12.8 Å². The lowest BCUT2D eigenvalue weighted by Gasteiger charge is -2.09. The molecule has 0 aliphatic heterocycles. The summed E-state index contributed by atoms with van der Waals surface area (Å²) in [6, 6.07) is 1.63. The first kappa shape index (κ1) is 16.5. The van der Waals surface area contributed by atoms with Crippen molar-refractivity contribution >= 4 is 11.0 Å². The molecular formula is C18H24O4. The smallest absolute Gasteiger partial charge is 0.351 e. The normalized spacial score (nSPS) is 11.2. The highest BCUT2D eigenvalue weighted by molar-refractivity contribution is 5.75. The summed E-state index contributed by atoms with van der Waals surface area (Å²) in [6.07, 6.45) is 6.52. The number of rotatable bonds is 7. The molecule has 0 aliphatic rings. The molecule has 120 valence electrons. The summed E-state index contributed by atoms with van der Waals surface area (Å²) in [5.41, 5.74) is 0.198. The van der Waals surface area contributed by atoms with Gasteiger partial charge in [0.05, 0.1) is 0 Å². The number of unbranched alkanes of at least 4 members (excludes halogenated alkanes) is 3. The van der Waals surface area contributed by atoms with Gasteiger partial charge in [0.15, 0.2) is 5.39 Å². The van der Waals surface area contributed by atoms with Crippen LogP contribution in [0.2, 0.25) is 0 Å². The van der Waals surface area contributed by atoms with Gasteiger partial charge in [-0.1, -0.05) is 33.1 Å². The SMILES string of the molecule is CCCCCc1oc2cc(C)oc(=O)c2c(=O)c1CCCC. The van der Waals surface area contributed by atoms with E-state index in [0.29, 0.717) is 23.3 Å². The molecule has 0 radical (unpaired) electrons. The van der Waals surface area contributed by atoms with Crippen LogP contribution >= 0.6 is 0 Å². The number of fused-ring (bicyclic) bond motifs is 1. The number of aryl methyl sites for hydroxylation is 2. The number of hydrogen-bond donors (Lipinski definition) is 0. The van der Waals surface area contributed by atoms with Crippen LogP contribution in [-0.4, -0.2) is 0 Å². The second-order valence-electron chi connectivity index (χ2n) is 5.78. The Labute approximate surface area is 130 Å². The van der Waals surface area contributed by atoms with E-state index in [0.717, 1.165) is 44.3 Å². The fourth-order valence-electron chi connectivity index (χ4n) is 2.68. The zero-order valence-electron chi connectivity index (χ0n) is 13.7. The van der Waals surface area contributed by atoms with Crippen molar-refractivity contribution < 1.29 is 8.83 Å². The topological polar surface area (TPSA) is 60.4 Å². The predicted molar refractivity (Wildman–Crippen MR) is 87.6 cm³/mol. The van der Waals surface area contributed by atoms with Crippen LogP contribution in [0.5, 0.6) is 0 Å². The molecule has 0 fully saturated rings. The summed E-state index contributed by atoms with van der Waals surface area (Å²) in [5, 5.41) is 0.0518.